The number of amides is 2. The molecule has 4 N–H and O–H groups in total. The molecule has 0 aromatic heterocycles. The Labute approximate surface area is 119 Å². The second-order valence-electron chi connectivity index (χ2n) is 4.17. The first-order valence-corrected chi connectivity index (χ1v) is 5.96. The number of nitrogens with one attached hydrogen (secondary N) is 2. The molecule has 19 heavy (non-hydrogen) atoms. The van der Waals surface area contributed by atoms with Crippen molar-refractivity contribution in [1.82, 2.24) is 5.32 Å². The first kappa shape index (κ1) is 17.4. The maximum absolute atomic E-state index is 11.5. The van der Waals surface area contributed by atoms with Crippen LogP contribution in [0.2, 0.25) is 0 Å². The van der Waals surface area contributed by atoms with Gasteiger partial charge in [0, 0.05) is 30.3 Å². The predicted molar refractivity (Wildman–Crippen MR) is 78.6 cm³/mol. The number of hydrogen-bond acceptors (Lipinski definition) is 3. The summed E-state index contributed by atoms with van der Waals surface area (Å²) >= 11 is 0. The van der Waals surface area contributed by atoms with Crippen LogP contribution < -0.4 is 16.4 Å². The van der Waals surface area contributed by atoms with Gasteiger partial charge in [0.15, 0.2) is 0 Å². The second-order valence-corrected chi connectivity index (χ2v) is 4.17. The van der Waals surface area contributed by atoms with Gasteiger partial charge in [0.25, 0.3) is 5.91 Å². The van der Waals surface area contributed by atoms with Crippen molar-refractivity contribution in [2.75, 3.05) is 11.9 Å². The van der Waals surface area contributed by atoms with Crippen molar-refractivity contribution in [3.05, 3.63) is 29.8 Å². The highest BCUT2D eigenvalue weighted by atomic mass is 35.5. The zero-order valence-corrected chi connectivity index (χ0v) is 11.9. The number of rotatable bonds is 5. The third kappa shape index (κ3) is 6.22. The molecule has 0 spiro atoms. The van der Waals surface area contributed by atoms with E-state index in [4.69, 9.17) is 5.73 Å². The largest absolute Gasteiger partial charge is 0.352 e. The van der Waals surface area contributed by atoms with Gasteiger partial charge in [0.05, 0.1) is 0 Å². The third-order valence-corrected chi connectivity index (χ3v) is 2.28. The fourth-order valence-electron chi connectivity index (χ4n) is 1.47. The van der Waals surface area contributed by atoms with E-state index in [0.29, 0.717) is 17.8 Å². The molecule has 0 aliphatic rings. The van der Waals surface area contributed by atoms with Crippen molar-refractivity contribution in [2.24, 2.45) is 5.73 Å². The van der Waals surface area contributed by atoms with E-state index in [2.05, 4.69) is 10.6 Å². The molecule has 5 nitrogen and oxygen atoms in total. The fraction of sp³-hybridized carbons (Fsp3) is 0.385. The van der Waals surface area contributed by atoms with Crippen LogP contribution in [0.15, 0.2) is 24.3 Å². The lowest BCUT2D eigenvalue weighted by atomic mass is 10.2. The molecule has 1 rings (SSSR count). The summed E-state index contributed by atoms with van der Waals surface area (Å²) in [5.74, 6) is -0.248. The van der Waals surface area contributed by atoms with Crippen molar-refractivity contribution >= 4 is 29.9 Å². The monoisotopic (exact) mass is 285 g/mol. The SMILES string of the molecule is CCNC(=O)c1ccc(NC(=O)CC(C)N)cc1.Cl. The first-order chi connectivity index (χ1) is 8.52. The molecule has 0 bridgehead atoms. The molecular weight excluding hydrogens is 266 g/mol. The van der Waals surface area contributed by atoms with Gasteiger partial charge in [-0.25, -0.2) is 0 Å². The Bertz CT molecular complexity index is 418. The Balaban J connectivity index is 0.00000324. The average Bonchev–Trinajstić information content (AvgIpc) is 2.29. The Hall–Kier alpha value is -1.59. The molecule has 1 aromatic rings. The maximum Gasteiger partial charge on any atom is 0.251 e. The summed E-state index contributed by atoms with van der Waals surface area (Å²) in [7, 11) is 0. The smallest absolute Gasteiger partial charge is 0.251 e. The van der Waals surface area contributed by atoms with Crippen LogP contribution in [0.3, 0.4) is 0 Å². The van der Waals surface area contributed by atoms with Crippen molar-refractivity contribution in [3.63, 3.8) is 0 Å². The Morgan fingerprint density at radius 1 is 1.26 bits per heavy atom. The van der Waals surface area contributed by atoms with Crippen molar-refractivity contribution in [3.8, 4) is 0 Å². The predicted octanol–water partition coefficient (Wildman–Crippen LogP) is 1.53. The van der Waals surface area contributed by atoms with Crippen LogP contribution in [0.25, 0.3) is 0 Å². The molecule has 1 aromatic carbocycles. The van der Waals surface area contributed by atoms with Crippen LogP contribution in [0.4, 0.5) is 5.69 Å². The molecular formula is C13H20ClN3O2. The topological polar surface area (TPSA) is 84.2 Å². The molecule has 0 aliphatic heterocycles. The van der Waals surface area contributed by atoms with Gasteiger partial charge in [-0.3, -0.25) is 9.59 Å². The van der Waals surface area contributed by atoms with E-state index in [1.54, 1.807) is 31.2 Å². The molecule has 1 atom stereocenters. The first-order valence-electron chi connectivity index (χ1n) is 5.96. The van der Waals surface area contributed by atoms with E-state index in [-0.39, 0.29) is 36.7 Å². The van der Waals surface area contributed by atoms with Gasteiger partial charge < -0.3 is 16.4 Å². The number of nitrogens with two attached hydrogens (primary N) is 1. The fourth-order valence-corrected chi connectivity index (χ4v) is 1.47. The summed E-state index contributed by atoms with van der Waals surface area (Å²) in [6, 6.07) is 6.58. The molecule has 0 aliphatic carbocycles. The van der Waals surface area contributed by atoms with Gasteiger partial charge in [-0.2, -0.15) is 0 Å². The highest BCUT2D eigenvalue weighted by molar-refractivity contribution is 5.95. The molecule has 0 fully saturated rings. The number of hydrogen-bond donors (Lipinski definition) is 3. The summed E-state index contributed by atoms with van der Waals surface area (Å²) in [5.41, 5.74) is 6.76. The highest BCUT2D eigenvalue weighted by Gasteiger charge is 2.07. The van der Waals surface area contributed by atoms with Crippen LogP contribution >= 0.6 is 12.4 Å². The number of carbonyl (C=O) groups excluding carboxylic acids is 2. The van der Waals surface area contributed by atoms with Crippen LogP contribution in [0.5, 0.6) is 0 Å². The summed E-state index contributed by atoms with van der Waals surface area (Å²) in [5, 5.41) is 5.43. The minimum absolute atomic E-state index is 0. The summed E-state index contributed by atoms with van der Waals surface area (Å²) < 4.78 is 0. The lowest BCUT2D eigenvalue weighted by molar-refractivity contribution is -0.116. The average molecular weight is 286 g/mol. The maximum atomic E-state index is 11.5. The number of benzene rings is 1. The second kappa shape index (κ2) is 8.50. The van der Waals surface area contributed by atoms with Gasteiger partial charge in [-0.05, 0) is 38.1 Å². The lowest BCUT2D eigenvalue weighted by Gasteiger charge is -2.08. The van der Waals surface area contributed by atoms with Crippen molar-refractivity contribution < 1.29 is 9.59 Å². The van der Waals surface area contributed by atoms with E-state index in [9.17, 15) is 9.59 Å². The molecule has 6 heteroatoms. The van der Waals surface area contributed by atoms with Gasteiger partial charge in [0.1, 0.15) is 0 Å². The van der Waals surface area contributed by atoms with Gasteiger partial charge in [-0.15, -0.1) is 12.4 Å². The van der Waals surface area contributed by atoms with Crippen LogP contribution in [0, 0.1) is 0 Å². The van der Waals surface area contributed by atoms with Gasteiger partial charge >= 0.3 is 0 Å². The van der Waals surface area contributed by atoms with Gasteiger partial charge in [0.2, 0.25) is 5.91 Å². The summed E-state index contributed by atoms with van der Waals surface area (Å²) in [6.07, 6.45) is 0.276. The standard InChI is InChI=1S/C13H19N3O2.ClH/c1-3-15-13(18)10-4-6-11(7-5-10)16-12(17)8-9(2)14;/h4-7,9H,3,8,14H2,1-2H3,(H,15,18)(H,16,17);1H. The number of anilines is 1. The van der Waals surface area contributed by atoms with Crippen molar-refractivity contribution in [2.45, 2.75) is 26.3 Å². The number of carbonyl (C=O) groups is 2. The zero-order valence-electron chi connectivity index (χ0n) is 11.1. The molecule has 0 heterocycles. The normalized spacial score (nSPS) is 11.1. The lowest BCUT2D eigenvalue weighted by Crippen LogP contribution is -2.24. The molecule has 2 amide bonds. The number of halogens is 1. The van der Waals surface area contributed by atoms with Crippen LogP contribution in [-0.4, -0.2) is 24.4 Å². The van der Waals surface area contributed by atoms with E-state index < -0.39 is 0 Å². The van der Waals surface area contributed by atoms with E-state index >= 15 is 0 Å². The molecule has 0 saturated heterocycles. The van der Waals surface area contributed by atoms with Crippen LogP contribution in [-0.2, 0) is 4.79 Å². The Morgan fingerprint density at radius 3 is 2.32 bits per heavy atom. The molecule has 1 unspecified atom stereocenters. The Morgan fingerprint density at radius 2 is 1.84 bits per heavy atom. The van der Waals surface area contributed by atoms with Crippen molar-refractivity contribution in [1.29, 1.82) is 0 Å². The van der Waals surface area contributed by atoms with Gasteiger partial charge in [-0.1, -0.05) is 0 Å². The van der Waals surface area contributed by atoms with E-state index in [1.165, 1.54) is 0 Å². The third-order valence-electron chi connectivity index (χ3n) is 2.28. The quantitative estimate of drug-likeness (QED) is 0.767. The zero-order chi connectivity index (χ0) is 13.5. The summed E-state index contributed by atoms with van der Waals surface area (Å²) in [4.78, 5) is 23.0. The molecule has 0 radical (unpaired) electrons. The van der Waals surface area contributed by atoms with E-state index in [0.717, 1.165) is 0 Å². The summed E-state index contributed by atoms with van der Waals surface area (Å²) in [6.45, 7) is 4.23. The Kier molecular flexibility index (Phi) is 7.79. The molecule has 106 valence electrons. The minimum atomic E-state index is -0.167. The minimum Gasteiger partial charge on any atom is -0.352 e. The van der Waals surface area contributed by atoms with Crippen LogP contribution in [0.1, 0.15) is 30.6 Å². The highest BCUT2D eigenvalue weighted by Crippen LogP contribution is 2.10. The molecule has 0 saturated carbocycles. The van der Waals surface area contributed by atoms with E-state index in [1.807, 2.05) is 6.92 Å².